The molecule has 1 heterocycles. The van der Waals surface area contributed by atoms with Gasteiger partial charge in [-0.3, -0.25) is 0 Å². The lowest BCUT2D eigenvalue weighted by Gasteiger charge is -2.15. The molecule has 1 unspecified atom stereocenters. The van der Waals surface area contributed by atoms with Crippen molar-refractivity contribution in [2.75, 3.05) is 0 Å². The van der Waals surface area contributed by atoms with E-state index in [1.807, 2.05) is 6.92 Å². The van der Waals surface area contributed by atoms with Crippen LogP contribution in [0.25, 0.3) is 0 Å². The van der Waals surface area contributed by atoms with Crippen LogP contribution in [0.4, 0.5) is 0 Å². The predicted octanol–water partition coefficient (Wildman–Crippen LogP) is 2.55. The van der Waals surface area contributed by atoms with E-state index in [9.17, 15) is 8.42 Å². The molecule has 0 spiro atoms. The van der Waals surface area contributed by atoms with Crippen molar-refractivity contribution in [2.24, 2.45) is 5.92 Å². The van der Waals surface area contributed by atoms with Crippen molar-refractivity contribution in [2.45, 2.75) is 70.5 Å². The molecule has 0 radical (unpaired) electrons. The molecule has 0 aliphatic heterocycles. The average molecular weight is 314 g/mol. The molecule has 1 aromatic heterocycles. The van der Waals surface area contributed by atoms with Gasteiger partial charge in [-0.1, -0.05) is 13.8 Å². The molecule has 1 atom stereocenters. The molecule has 0 saturated heterocycles. The fourth-order valence-corrected chi connectivity index (χ4v) is 3.95. The third-order valence-electron chi connectivity index (χ3n) is 3.54. The fraction of sp³-hybridized carbons (Fsp3) is 0.733. The highest BCUT2D eigenvalue weighted by atomic mass is 32.2. The van der Waals surface area contributed by atoms with E-state index < -0.39 is 10.0 Å². The molecular weight excluding hydrogens is 288 g/mol. The van der Waals surface area contributed by atoms with Crippen LogP contribution in [0.15, 0.2) is 15.4 Å². The van der Waals surface area contributed by atoms with E-state index in [4.69, 9.17) is 4.42 Å². The Morgan fingerprint density at radius 1 is 1.33 bits per heavy atom. The zero-order chi connectivity index (χ0) is 15.6. The predicted molar refractivity (Wildman–Crippen MR) is 82.5 cm³/mol. The van der Waals surface area contributed by atoms with Gasteiger partial charge in [0.05, 0.1) is 6.54 Å². The van der Waals surface area contributed by atoms with Crippen molar-refractivity contribution in [1.82, 2.24) is 10.0 Å². The Bertz CT molecular complexity index is 574. The molecule has 1 fully saturated rings. The summed E-state index contributed by atoms with van der Waals surface area (Å²) < 4.78 is 33.1. The molecule has 120 valence electrons. The second-order valence-corrected chi connectivity index (χ2v) is 8.12. The summed E-state index contributed by atoms with van der Waals surface area (Å²) in [7, 11) is -3.51. The van der Waals surface area contributed by atoms with Crippen LogP contribution in [-0.2, 0) is 16.6 Å². The van der Waals surface area contributed by atoms with Gasteiger partial charge < -0.3 is 9.73 Å². The van der Waals surface area contributed by atoms with E-state index in [-0.39, 0.29) is 10.9 Å². The minimum absolute atomic E-state index is 0.0858. The SMILES string of the molecule is Cc1oc(CNC2CC2)cc1S(=O)(=O)NC(C)CC(C)C. The second kappa shape index (κ2) is 6.50. The van der Waals surface area contributed by atoms with E-state index in [0.717, 1.165) is 6.42 Å². The van der Waals surface area contributed by atoms with Gasteiger partial charge in [-0.2, -0.15) is 0 Å². The van der Waals surface area contributed by atoms with Crippen LogP contribution in [0.1, 0.15) is 51.6 Å². The zero-order valence-electron chi connectivity index (χ0n) is 13.3. The zero-order valence-corrected chi connectivity index (χ0v) is 14.1. The Balaban J connectivity index is 2.04. The van der Waals surface area contributed by atoms with Gasteiger partial charge in [0.25, 0.3) is 0 Å². The highest BCUT2D eigenvalue weighted by Gasteiger charge is 2.25. The molecule has 0 aromatic carbocycles. The van der Waals surface area contributed by atoms with Gasteiger partial charge in [-0.15, -0.1) is 0 Å². The molecule has 1 aliphatic rings. The van der Waals surface area contributed by atoms with Crippen molar-refractivity contribution in [3.05, 3.63) is 17.6 Å². The Kier molecular flexibility index (Phi) is 5.11. The van der Waals surface area contributed by atoms with E-state index in [1.165, 1.54) is 12.8 Å². The van der Waals surface area contributed by atoms with Gasteiger partial charge in [-0.05, 0) is 39.0 Å². The van der Waals surface area contributed by atoms with Gasteiger partial charge in [0, 0.05) is 18.2 Å². The second-order valence-electron chi connectivity index (χ2n) is 6.44. The van der Waals surface area contributed by atoms with Crippen LogP contribution in [0.5, 0.6) is 0 Å². The largest absolute Gasteiger partial charge is 0.464 e. The maximum absolute atomic E-state index is 12.4. The smallest absolute Gasteiger partial charge is 0.244 e. The van der Waals surface area contributed by atoms with Crippen molar-refractivity contribution >= 4 is 10.0 Å². The monoisotopic (exact) mass is 314 g/mol. The maximum atomic E-state index is 12.4. The van der Waals surface area contributed by atoms with Crippen LogP contribution in [-0.4, -0.2) is 20.5 Å². The van der Waals surface area contributed by atoms with Gasteiger partial charge in [-0.25, -0.2) is 13.1 Å². The van der Waals surface area contributed by atoms with Crippen LogP contribution in [0, 0.1) is 12.8 Å². The van der Waals surface area contributed by atoms with E-state index in [1.54, 1.807) is 13.0 Å². The maximum Gasteiger partial charge on any atom is 0.244 e. The van der Waals surface area contributed by atoms with Crippen LogP contribution >= 0.6 is 0 Å². The Morgan fingerprint density at radius 3 is 2.57 bits per heavy atom. The van der Waals surface area contributed by atoms with Crippen molar-refractivity contribution in [3.8, 4) is 0 Å². The quantitative estimate of drug-likeness (QED) is 0.773. The summed E-state index contributed by atoms with van der Waals surface area (Å²) in [5.41, 5.74) is 0. The number of hydrogen-bond donors (Lipinski definition) is 2. The third kappa shape index (κ3) is 4.83. The number of rotatable bonds is 8. The minimum atomic E-state index is -3.51. The summed E-state index contributed by atoms with van der Waals surface area (Å²) in [6.07, 6.45) is 3.20. The van der Waals surface area contributed by atoms with Crippen molar-refractivity contribution < 1.29 is 12.8 Å². The fourth-order valence-electron chi connectivity index (χ4n) is 2.49. The lowest BCUT2D eigenvalue weighted by atomic mass is 10.1. The lowest BCUT2D eigenvalue weighted by Crippen LogP contribution is -2.33. The number of sulfonamides is 1. The molecule has 2 N–H and O–H groups in total. The molecule has 21 heavy (non-hydrogen) atoms. The molecule has 0 amide bonds. The summed E-state index contributed by atoms with van der Waals surface area (Å²) in [5, 5.41) is 3.32. The standard InChI is InChI=1S/C15H26N2O3S/c1-10(2)7-11(3)17-21(18,19)15-8-14(20-12(15)4)9-16-13-5-6-13/h8,10-11,13,16-17H,5-7,9H2,1-4H3. The van der Waals surface area contributed by atoms with Crippen molar-refractivity contribution in [1.29, 1.82) is 0 Å². The van der Waals surface area contributed by atoms with E-state index in [2.05, 4.69) is 23.9 Å². The third-order valence-corrected chi connectivity index (χ3v) is 5.23. The van der Waals surface area contributed by atoms with Crippen LogP contribution < -0.4 is 10.0 Å². The number of aryl methyl sites for hydroxylation is 1. The first kappa shape index (κ1) is 16.5. The Labute approximate surface area is 127 Å². The van der Waals surface area contributed by atoms with Crippen molar-refractivity contribution in [3.63, 3.8) is 0 Å². The summed E-state index contributed by atoms with van der Waals surface area (Å²) in [4.78, 5) is 0.255. The minimum Gasteiger partial charge on any atom is -0.464 e. The molecule has 5 nitrogen and oxygen atoms in total. The summed E-state index contributed by atoms with van der Waals surface area (Å²) in [6, 6.07) is 2.12. The van der Waals surface area contributed by atoms with Gasteiger partial charge in [0.15, 0.2) is 0 Å². The van der Waals surface area contributed by atoms with Gasteiger partial charge in [0.2, 0.25) is 10.0 Å². The molecule has 1 aliphatic carbocycles. The Morgan fingerprint density at radius 2 is 2.00 bits per heavy atom. The molecule has 1 aromatic rings. The average Bonchev–Trinajstić information content (AvgIpc) is 3.07. The molecule has 0 bridgehead atoms. The summed E-state index contributed by atoms with van der Waals surface area (Å²) in [5.74, 6) is 1.58. The molecule has 6 heteroatoms. The topological polar surface area (TPSA) is 71.3 Å². The van der Waals surface area contributed by atoms with Crippen LogP contribution in [0.3, 0.4) is 0 Å². The highest BCUT2D eigenvalue weighted by Crippen LogP contribution is 2.23. The number of nitrogens with one attached hydrogen (secondary N) is 2. The van der Waals surface area contributed by atoms with E-state index in [0.29, 0.717) is 30.0 Å². The normalized spacial score (nSPS) is 17.4. The van der Waals surface area contributed by atoms with Gasteiger partial charge in [0.1, 0.15) is 16.4 Å². The molecule has 1 saturated carbocycles. The lowest BCUT2D eigenvalue weighted by molar-refractivity contribution is 0.454. The summed E-state index contributed by atoms with van der Waals surface area (Å²) in [6.45, 7) is 8.33. The number of hydrogen-bond acceptors (Lipinski definition) is 4. The first-order valence-electron chi connectivity index (χ1n) is 7.63. The number of furan rings is 1. The molecular formula is C15H26N2O3S. The Hall–Kier alpha value is -0.850. The first-order chi connectivity index (χ1) is 9.78. The van der Waals surface area contributed by atoms with Gasteiger partial charge >= 0.3 is 0 Å². The first-order valence-corrected chi connectivity index (χ1v) is 9.11. The molecule has 2 rings (SSSR count). The van der Waals surface area contributed by atoms with Crippen LogP contribution in [0.2, 0.25) is 0 Å². The summed E-state index contributed by atoms with van der Waals surface area (Å²) >= 11 is 0. The van der Waals surface area contributed by atoms with E-state index >= 15 is 0 Å². The highest BCUT2D eigenvalue weighted by molar-refractivity contribution is 7.89.